The smallest absolute Gasteiger partial charge is 0.199 e. The second-order valence-electron chi connectivity index (χ2n) is 4.34. The van der Waals surface area contributed by atoms with Crippen LogP contribution in [-0.2, 0) is 5.72 Å². The lowest BCUT2D eigenvalue weighted by molar-refractivity contribution is -0.00976. The largest absolute Gasteiger partial charge is 0.364 e. The third-order valence-corrected chi connectivity index (χ3v) is 2.97. The van der Waals surface area contributed by atoms with E-state index < -0.39 is 5.72 Å². The van der Waals surface area contributed by atoms with Crippen molar-refractivity contribution in [1.82, 2.24) is 15.0 Å². The normalized spacial score (nSPS) is 24.0. The number of rotatable bonds is 1. The molecule has 0 aliphatic heterocycles. The second kappa shape index (κ2) is 3.53. The number of hydrogen-bond donors (Lipinski definition) is 1. The van der Waals surface area contributed by atoms with Gasteiger partial charge in [0, 0.05) is 6.42 Å². The first kappa shape index (κ1) is 10.2. The Labute approximate surface area is 98.9 Å². The van der Waals surface area contributed by atoms with Gasteiger partial charge in [-0.3, -0.25) is 0 Å². The van der Waals surface area contributed by atoms with Gasteiger partial charge in [-0.05, 0) is 25.1 Å². The number of aromatic nitrogens is 3. The van der Waals surface area contributed by atoms with Crippen LogP contribution in [0.3, 0.4) is 0 Å². The number of nitrogens with zero attached hydrogens (tertiary/aromatic N) is 3. The molecule has 1 aliphatic carbocycles. The van der Waals surface area contributed by atoms with E-state index in [1.54, 1.807) is 6.08 Å². The summed E-state index contributed by atoms with van der Waals surface area (Å²) < 4.78 is 0. The highest BCUT2D eigenvalue weighted by molar-refractivity contribution is 5.73. The fourth-order valence-electron chi connectivity index (χ4n) is 1.89. The van der Waals surface area contributed by atoms with Crippen molar-refractivity contribution >= 4 is 11.0 Å². The lowest BCUT2D eigenvalue weighted by atomic mass is 10.0. The van der Waals surface area contributed by atoms with Gasteiger partial charge in [-0.1, -0.05) is 29.9 Å². The molecule has 0 bridgehead atoms. The average molecular weight is 227 g/mol. The van der Waals surface area contributed by atoms with Crippen LogP contribution in [0.2, 0.25) is 0 Å². The predicted octanol–water partition coefficient (Wildman–Crippen LogP) is 1.98. The summed E-state index contributed by atoms with van der Waals surface area (Å²) in [4.78, 5) is 1.39. The van der Waals surface area contributed by atoms with Crippen molar-refractivity contribution in [3.05, 3.63) is 48.1 Å². The first-order chi connectivity index (χ1) is 8.17. The minimum atomic E-state index is -1.14. The number of aliphatic hydroxyl groups is 1. The Balaban J connectivity index is 2.07. The van der Waals surface area contributed by atoms with E-state index in [-0.39, 0.29) is 0 Å². The molecule has 1 heterocycles. The van der Waals surface area contributed by atoms with Crippen LogP contribution >= 0.6 is 0 Å². The maximum atomic E-state index is 10.5. The SMILES string of the molecule is CC1=CCC(O)(n2nc3ccccc3n2)C=C1. The van der Waals surface area contributed by atoms with Gasteiger partial charge in [-0.15, -0.1) is 4.80 Å². The van der Waals surface area contributed by atoms with Crippen LogP contribution in [0.15, 0.2) is 48.1 Å². The van der Waals surface area contributed by atoms with E-state index in [4.69, 9.17) is 0 Å². The van der Waals surface area contributed by atoms with Gasteiger partial charge < -0.3 is 5.11 Å². The molecule has 4 heteroatoms. The van der Waals surface area contributed by atoms with Crippen LogP contribution in [-0.4, -0.2) is 20.1 Å². The van der Waals surface area contributed by atoms with E-state index in [9.17, 15) is 5.11 Å². The molecule has 86 valence electrons. The first-order valence-corrected chi connectivity index (χ1v) is 5.58. The Morgan fingerprint density at radius 3 is 2.41 bits per heavy atom. The van der Waals surface area contributed by atoms with Gasteiger partial charge in [0.1, 0.15) is 11.0 Å². The zero-order valence-corrected chi connectivity index (χ0v) is 9.54. The van der Waals surface area contributed by atoms with Crippen molar-refractivity contribution in [2.24, 2.45) is 0 Å². The molecule has 17 heavy (non-hydrogen) atoms. The summed E-state index contributed by atoms with van der Waals surface area (Å²) in [5.74, 6) is 0. The molecule has 0 spiro atoms. The minimum Gasteiger partial charge on any atom is -0.364 e. The Kier molecular flexibility index (Phi) is 2.12. The van der Waals surface area contributed by atoms with E-state index in [2.05, 4.69) is 10.2 Å². The maximum absolute atomic E-state index is 10.5. The molecule has 0 saturated carbocycles. The topological polar surface area (TPSA) is 50.9 Å². The number of fused-ring (bicyclic) bond motifs is 1. The van der Waals surface area contributed by atoms with Crippen LogP contribution in [0.25, 0.3) is 11.0 Å². The summed E-state index contributed by atoms with van der Waals surface area (Å²) in [5, 5.41) is 19.1. The molecule has 0 radical (unpaired) electrons. The lowest BCUT2D eigenvalue weighted by Crippen LogP contribution is -2.34. The monoisotopic (exact) mass is 227 g/mol. The summed E-state index contributed by atoms with van der Waals surface area (Å²) >= 11 is 0. The summed E-state index contributed by atoms with van der Waals surface area (Å²) in [6.07, 6.45) is 6.10. The molecule has 4 nitrogen and oxygen atoms in total. The molecule has 0 saturated heterocycles. The van der Waals surface area contributed by atoms with Gasteiger partial charge in [0.25, 0.3) is 0 Å². The van der Waals surface area contributed by atoms with Gasteiger partial charge in [-0.25, -0.2) is 0 Å². The van der Waals surface area contributed by atoms with E-state index in [0.717, 1.165) is 16.6 Å². The molecule has 0 amide bonds. The van der Waals surface area contributed by atoms with E-state index in [1.807, 2.05) is 43.3 Å². The molecule has 1 aromatic heterocycles. The maximum Gasteiger partial charge on any atom is 0.199 e. The van der Waals surface area contributed by atoms with Gasteiger partial charge >= 0.3 is 0 Å². The molecule has 1 aromatic carbocycles. The van der Waals surface area contributed by atoms with Crippen LogP contribution in [0.1, 0.15) is 13.3 Å². The van der Waals surface area contributed by atoms with Crippen molar-refractivity contribution in [2.45, 2.75) is 19.1 Å². The van der Waals surface area contributed by atoms with Crippen molar-refractivity contribution < 1.29 is 5.11 Å². The molecule has 1 unspecified atom stereocenters. The highest BCUT2D eigenvalue weighted by Crippen LogP contribution is 2.25. The molecule has 0 fully saturated rings. The molecule has 1 aliphatic rings. The molecule has 1 atom stereocenters. The van der Waals surface area contributed by atoms with Crippen LogP contribution < -0.4 is 0 Å². The molecule has 1 N–H and O–H groups in total. The molecular weight excluding hydrogens is 214 g/mol. The Bertz CT molecular complexity index is 593. The zero-order chi connectivity index (χ0) is 11.9. The van der Waals surface area contributed by atoms with E-state index in [0.29, 0.717) is 6.42 Å². The molecule has 3 rings (SSSR count). The average Bonchev–Trinajstić information content (AvgIpc) is 2.77. The van der Waals surface area contributed by atoms with Gasteiger partial charge in [0.15, 0.2) is 5.72 Å². The number of benzene rings is 1. The van der Waals surface area contributed by atoms with Gasteiger partial charge in [0.2, 0.25) is 0 Å². The lowest BCUT2D eigenvalue weighted by Gasteiger charge is -2.24. The van der Waals surface area contributed by atoms with Crippen LogP contribution in [0.5, 0.6) is 0 Å². The summed E-state index contributed by atoms with van der Waals surface area (Å²) in [7, 11) is 0. The Morgan fingerprint density at radius 2 is 1.88 bits per heavy atom. The van der Waals surface area contributed by atoms with Gasteiger partial charge in [0.05, 0.1) is 0 Å². The summed E-state index contributed by atoms with van der Waals surface area (Å²) in [6.45, 7) is 2.00. The third-order valence-electron chi connectivity index (χ3n) is 2.97. The standard InChI is InChI=1S/C13H13N3O/c1-10-6-8-13(17,9-7-10)16-14-11-4-2-3-5-12(11)15-16/h2-8,17H,9H2,1H3. The summed E-state index contributed by atoms with van der Waals surface area (Å²) in [5.41, 5.74) is 1.59. The first-order valence-electron chi connectivity index (χ1n) is 5.58. The highest BCUT2D eigenvalue weighted by atomic mass is 16.3. The quantitative estimate of drug-likeness (QED) is 0.810. The molecular formula is C13H13N3O. The van der Waals surface area contributed by atoms with Crippen molar-refractivity contribution in [1.29, 1.82) is 0 Å². The highest BCUT2D eigenvalue weighted by Gasteiger charge is 2.29. The van der Waals surface area contributed by atoms with Crippen molar-refractivity contribution in [2.75, 3.05) is 0 Å². The fourth-order valence-corrected chi connectivity index (χ4v) is 1.89. The summed E-state index contributed by atoms with van der Waals surface area (Å²) in [6, 6.07) is 7.59. The Hall–Kier alpha value is -1.94. The van der Waals surface area contributed by atoms with Gasteiger partial charge in [-0.2, -0.15) is 10.2 Å². The third kappa shape index (κ3) is 1.66. The number of hydrogen-bond acceptors (Lipinski definition) is 3. The van der Waals surface area contributed by atoms with Crippen LogP contribution in [0.4, 0.5) is 0 Å². The number of allylic oxidation sites excluding steroid dienone is 2. The minimum absolute atomic E-state index is 0.496. The molecule has 2 aromatic rings. The van der Waals surface area contributed by atoms with E-state index >= 15 is 0 Å². The van der Waals surface area contributed by atoms with Crippen molar-refractivity contribution in [3.8, 4) is 0 Å². The zero-order valence-electron chi connectivity index (χ0n) is 9.54. The van der Waals surface area contributed by atoms with E-state index in [1.165, 1.54) is 4.80 Å². The van der Waals surface area contributed by atoms with Crippen molar-refractivity contribution in [3.63, 3.8) is 0 Å². The second-order valence-corrected chi connectivity index (χ2v) is 4.34. The predicted molar refractivity (Wildman–Crippen MR) is 65.2 cm³/mol. The fraction of sp³-hybridized carbons (Fsp3) is 0.231. The Morgan fingerprint density at radius 1 is 1.24 bits per heavy atom. The van der Waals surface area contributed by atoms with Crippen LogP contribution in [0, 0.1) is 0 Å².